The van der Waals surface area contributed by atoms with E-state index in [1.165, 1.54) is 19.3 Å². The molecule has 98 valence electrons. The highest BCUT2D eigenvalue weighted by molar-refractivity contribution is 5.97. The lowest BCUT2D eigenvalue weighted by Gasteiger charge is -2.38. The third kappa shape index (κ3) is 2.99. The Bertz CT molecular complexity index is 417. The van der Waals surface area contributed by atoms with Crippen molar-refractivity contribution in [2.75, 3.05) is 6.54 Å². The molecule has 0 radical (unpaired) electrons. The molecule has 1 saturated heterocycles. The van der Waals surface area contributed by atoms with Crippen LogP contribution in [-0.2, 0) is 0 Å². The minimum atomic E-state index is 0.249. The van der Waals surface area contributed by atoms with Gasteiger partial charge in [0.15, 0.2) is 5.78 Å². The van der Waals surface area contributed by atoms with Crippen molar-refractivity contribution in [3.63, 3.8) is 0 Å². The maximum Gasteiger partial charge on any atom is 0.176 e. The summed E-state index contributed by atoms with van der Waals surface area (Å²) < 4.78 is 0. The normalized spacial score (nSPS) is 25.1. The Morgan fingerprint density at radius 3 is 2.56 bits per heavy atom. The highest BCUT2D eigenvalue weighted by Gasteiger charge is 2.26. The topological polar surface area (TPSA) is 20.3 Å². The molecule has 0 aliphatic carbocycles. The summed E-state index contributed by atoms with van der Waals surface area (Å²) in [5.74, 6) is 0.249. The summed E-state index contributed by atoms with van der Waals surface area (Å²) in [6.07, 6.45) is 3.72. The van der Waals surface area contributed by atoms with Gasteiger partial charge >= 0.3 is 0 Å². The standard InChI is InChI=1S/C16H23NO/c1-12-6-4-9-15(10-12)16(18)11-17-13(2)7-5-8-14(17)3/h4,6,9-10,13-14H,5,7-8,11H2,1-3H3. The fourth-order valence-corrected chi connectivity index (χ4v) is 2.86. The van der Waals surface area contributed by atoms with E-state index in [-0.39, 0.29) is 5.78 Å². The predicted molar refractivity (Wildman–Crippen MR) is 75.0 cm³/mol. The van der Waals surface area contributed by atoms with Gasteiger partial charge in [-0.25, -0.2) is 0 Å². The number of hydrogen-bond acceptors (Lipinski definition) is 2. The molecule has 0 bridgehead atoms. The first-order valence-electron chi connectivity index (χ1n) is 6.93. The molecule has 2 nitrogen and oxygen atoms in total. The maximum absolute atomic E-state index is 12.3. The van der Waals surface area contributed by atoms with E-state index in [1.54, 1.807) is 0 Å². The number of aryl methyl sites for hydroxylation is 1. The molecular formula is C16H23NO. The zero-order valence-electron chi connectivity index (χ0n) is 11.6. The number of benzene rings is 1. The molecule has 1 heterocycles. The molecule has 1 aromatic rings. The minimum absolute atomic E-state index is 0.249. The molecule has 1 fully saturated rings. The van der Waals surface area contributed by atoms with Gasteiger partial charge in [0.1, 0.15) is 0 Å². The average molecular weight is 245 g/mol. The summed E-state index contributed by atoms with van der Waals surface area (Å²) in [6.45, 7) is 7.06. The van der Waals surface area contributed by atoms with Gasteiger partial charge in [-0.2, -0.15) is 0 Å². The van der Waals surface area contributed by atoms with Crippen molar-refractivity contribution in [1.82, 2.24) is 4.90 Å². The molecule has 0 N–H and O–H groups in total. The molecule has 0 amide bonds. The predicted octanol–water partition coefficient (Wildman–Crippen LogP) is 3.44. The van der Waals surface area contributed by atoms with E-state index in [9.17, 15) is 4.79 Å². The van der Waals surface area contributed by atoms with Crippen molar-refractivity contribution in [2.24, 2.45) is 0 Å². The Morgan fingerprint density at radius 1 is 1.28 bits per heavy atom. The van der Waals surface area contributed by atoms with Crippen LogP contribution in [0.15, 0.2) is 24.3 Å². The first-order valence-corrected chi connectivity index (χ1v) is 6.93. The smallest absolute Gasteiger partial charge is 0.176 e. The third-order valence-corrected chi connectivity index (χ3v) is 4.04. The summed E-state index contributed by atoms with van der Waals surface area (Å²) in [5.41, 5.74) is 2.00. The van der Waals surface area contributed by atoms with Crippen molar-refractivity contribution < 1.29 is 4.79 Å². The summed E-state index contributed by atoms with van der Waals surface area (Å²) >= 11 is 0. The van der Waals surface area contributed by atoms with Crippen molar-refractivity contribution in [2.45, 2.75) is 52.1 Å². The zero-order chi connectivity index (χ0) is 13.1. The van der Waals surface area contributed by atoms with Gasteiger partial charge in [-0.3, -0.25) is 9.69 Å². The SMILES string of the molecule is Cc1cccc(C(=O)CN2C(C)CCCC2C)c1. The van der Waals surface area contributed by atoms with Crippen LogP contribution in [0.4, 0.5) is 0 Å². The van der Waals surface area contributed by atoms with Gasteiger partial charge in [-0.1, -0.05) is 30.2 Å². The molecule has 1 aromatic carbocycles. The number of likely N-dealkylation sites (tertiary alicyclic amines) is 1. The number of nitrogens with zero attached hydrogens (tertiary/aromatic N) is 1. The number of Topliss-reactive ketones (excluding diaryl/α,β-unsaturated/α-hetero) is 1. The van der Waals surface area contributed by atoms with Gasteiger partial charge in [0.25, 0.3) is 0 Å². The van der Waals surface area contributed by atoms with Crippen LogP contribution < -0.4 is 0 Å². The van der Waals surface area contributed by atoms with Gasteiger partial charge in [-0.15, -0.1) is 0 Å². The van der Waals surface area contributed by atoms with Gasteiger partial charge in [0.2, 0.25) is 0 Å². The Kier molecular flexibility index (Phi) is 4.18. The molecule has 2 heteroatoms. The third-order valence-electron chi connectivity index (χ3n) is 4.04. The van der Waals surface area contributed by atoms with Crippen molar-refractivity contribution in [3.8, 4) is 0 Å². The molecule has 18 heavy (non-hydrogen) atoms. The van der Waals surface area contributed by atoms with Crippen LogP contribution >= 0.6 is 0 Å². The molecule has 2 unspecified atom stereocenters. The second-order valence-corrected chi connectivity index (χ2v) is 5.59. The lowest BCUT2D eigenvalue weighted by molar-refractivity contribution is 0.0734. The number of rotatable bonds is 3. The molecule has 1 aliphatic rings. The molecule has 0 aromatic heterocycles. The molecule has 2 atom stereocenters. The zero-order valence-corrected chi connectivity index (χ0v) is 11.6. The van der Waals surface area contributed by atoms with Gasteiger partial charge in [-0.05, 0) is 39.7 Å². The van der Waals surface area contributed by atoms with Crippen LogP contribution in [0.3, 0.4) is 0 Å². The minimum Gasteiger partial charge on any atom is -0.293 e. The van der Waals surface area contributed by atoms with Crippen LogP contribution in [0, 0.1) is 6.92 Å². The number of ketones is 1. The molecule has 1 aliphatic heterocycles. The first-order chi connectivity index (χ1) is 8.58. The quantitative estimate of drug-likeness (QED) is 0.760. The molecule has 2 rings (SSSR count). The Balaban J connectivity index is 2.06. The van der Waals surface area contributed by atoms with Gasteiger partial charge < -0.3 is 0 Å². The van der Waals surface area contributed by atoms with Crippen molar-refractivity contribution >= 4 is 5.78 Å². The Hall–Kier alpha value is -1.15. The van der Waals surface area contributed by atoms with E-state index in [0.29, 0.717) is 18.6 Å². The maximum atomic E-state index is 12.3. The van der Waals surface area contributed by atoms with Crippen LogP contribution in [0.5, 0.6) is 0 Å². The van der Waals surface area contributed by atoms with Crippen molar-refractivity contribution in [3.05, 3.63) is 35.4 Å². The largest absolute Gasteiger partial charge is 0.293 e. The highest BCUT2D eigenvalue weighted by Crippen LogP contribution is 2.22. The lowest BCUT2D eigenvalue weighted by atomic mass is 9.96. The van der Waals surface area contributed by atoms with Crippen molar-refractivity contribution in [1.29, 1.82) is 0 Å². The number of carbonyl (C=O) groups is 1. The fourth-order valence-electron chi connectivity index (χ4n) is 2.86. The molecular weight excluding hydrogens is 222 g/mol. The molecule has 0 saturated carbocycles. The van der Waals surface area contributed by atoms with E-state index >= 15 is 0 Å². The van der Waals surface area contributed by atoms with Crippen LogP contribution in [-0.4, -0.2) is 29.3 Å². The second kappa shape index (κ2) is 5.66. The monoisotopic (exact) mass is 245 g/mol. The van der Waals surface area contributed by atoms with Gasteiger partial charge in [0, 0.05) is 17.6 Å². The number of hydrogen-bond donors (Lipinski definition) is 0. The van der Waals surface area contributed by atoms with Gasteiger partial charge in [0.05, 0.1) is 6.54 Å². The number of piperidine rings is 1. The summed E-state index contributed by atoms with van der Waals surface area (Å²) in [6, 6.07) is 8.97. The first kappa shape index (κ1) is 13.3. The van der Waals surface area contributed by atoms with Crippen LogP contribution in [0.2, 0.25) is 0 Å². The van der Waals surface area contributed by atoms with E-state index in [4.69, 9.17) is 0 Å². The second-order valence-electron chi connectivity index (χ2n) is 5.59. The fraction of sp³-hybridized carbons (Fsp3) is 0.562. The van der Waals surface area contributed by atoms with E-state index in [2.05, 4.69) is 18.7 Å². The summed E-state index contributed by atoms with van der Waals surface area (Å²) in [7, 11) is 0. The Labute approximate surface area is 110 Å². The summed E-state index contributed by atoms with van der Waals surface area (Å²) in [5, 5.41) is 0. The van der Waals surface area contributed by atoms with Crippen LogP contribution in [0.1, 0.15) is 49.0 Å². The summed E-state index contributed by atoms with van der Waals surface area (Å²) in [4.78, 5) is 14.7. The number of carbonyl (C=O) groups excluding carboxylic acids is 1. The molecule has 0 spiro atoms. The van der Waals surface area contributed by atoms with E-state index < -0.39 is 0 Å². The average Bonchev–Trinajstić information content (AvgIpc) is 2.34. The Morgan fingerprint density at radius 2 is 1.94 bits per heavy atom. The van der Waals surface area contributed by atoms with E-state index in [0.717, 1.165) is 11.1 Å². The lowest BCUT2D eigenvalue weighted by Crippen LogP contribution is -2.46. The highest BCUT2D eigenvalue weighted by atomic mass is 16.1. The van der Waals surface area contributed by atoms with Crippen LogP contribution in [0.25, 0.3) is 0 Å². The van der Waals surface area contributed by atoms with E-state index in [1.807, 2.05) is 31.2 Å².